The van der Waals surface area contributed by atoms with Crippen LogP contribution in [0.5, 0.6) is 0 Å². The fourth-order valence-corrected chi connectivity index (χ4v) is 3.17. The van der Waals surface area contributed by atoms with Crippen LogP contribution >= 0.6 is 0 Å². The number of halogens is 3. The number of amides is 2. The Morgan fingerprint density at radius 2 is 1.59 bits per heavy atom. The van der Waals surface area contributed by atoms with Gasteiger partial charge < -0.3 is 10.1 Å². The molecule has 2 aromatic rings. The summed E-state index contributed by atoms with van der Waals surface area (Å²) in [5, 5.41) is 11.6. The van der Waals surface area contributed by atoms with Crippen LogP contribution in [0, 0.1) is 23.4 Å². The van der Waals surface area contributed by atoms with Crippen LogP contribution in [0.25, 0.3) is 11.1 Å². The minimum atomic E-state index is -1.55. The fourth-order valence-electron chi connectivity index (χ4n) is 3.17. The van der Waals surface area contributed by atoms with Crippen molar-refractivity contribution < 1.29 is 32.7 Å². The molecule has 9 heteroatoms. The van der Waals surface area contributed by atoms with Crippen molar-refractivity contribution in [1.29, 1.82) is 0 Å². The molecule has 0 aromatic heterocycles. The molecular weight excluding hydrogens is 389 g/mol. The van der Waals surface area contributed by atoms with Gasteiger partial charge >= 0.3 is 0 Å². The molecule has 1 saturated heterocycles. The maximum atomic E-state index is 13.5. The van der Waals surface area contributed by atoms with E-state index in [4.69, 9.17) is 9.94 Å². The SMILES string of the molecule is O=C(NC(C(=O)NO)c1ccc(-c2cc(F)c(F)c(F)c2)cc1)C1CCOCC1. The van der Waals surface area contributed by atoms with Crippen molar-refractivity contribution in [2.45, 2.75) is 18.9 Å². The van der Waals surface area contributed by atoms with E-state index in [0.717, 1.165) is 12.1 Å². The minimum absolute atomic E-state index is 0.113. The first-order chi connectivity index (χ1) is 13.9. The summed E-state index contributed by atoms with van der Waals surface area (Å²) in [4.78, 5) is 24.5. The van der Waals surface area contributed by atoms with E-state index in [1.165, 1.54) is 29.7 Å². The molecule has 1 aliphatic rings. The lowest BCUT2D eigenvalue weighted by atomic mass is 9.97. The lowest BCUT2D eigenvalue weighted by Gasteiger charge is -2.24. The molecule has 154 valence electrons. The standard InChI is InChI=1S/C20H19F3N2O4/c21-15-9-14(10-16(22)17(15)23)11-1-3-12(4-2-11)18(20(27)25-28)24-19(26)13-5-7-29-8-6-13/h1-4,9-10,13,18,28H,5-8H2,(H,24,26)(H,25,27). The lowest BCUT2D eigenvalue weighted by molar-refractivity contribution is -0.137. The van der Waals surface area contributed by atoms with Crippen LogP contribution in [0.15, 0.2) is 36.4 Å². The van der Waals surface area contributed by atoms with Gasteiger partial charge in [0.05, 0.1) is 0 Å². The average molecular weight is 408 g/mol. The Labute approximate surface area is 164 Å². The van der Waals surface area contributed by atoms with Crippen LogP contribution in [-0.4, -0.2) is 30.2 Å². The molecule has 1 unspecified atom stereocenters. The molecule has 29 heavy (non-hydrogen) atoms. The van der Waals surface area contributed by atoms with Crippen molar-refractivity contribution in [3.63, 3.8) is 0 Å². The topological polar surface area (TPSA) is 87.7 Å². The van der Waals surface area contributed by atoms with Crippen molar-refractivity contribution in [2.24, 2.45) is 5.92 Å². The maximum Gasteiger partial charge on any atom is 0.270 e. The third kappa shape index (κ3) is 4.75. The quantitative estimate of drug-likeness (QED) is 0.403. The zero-order chi connectivity index (χ0) is 21.0. The first-order valence-electron chi connectivity index (χ1n) is 8.97. The molecule has 1 fully saturated rings. The van der Waals surface area contributed by atoms with Crippen LogP contribution in [0.2, 0.25) is 0 Å². The van der Waals surface area contributed by atoms with E-state index >= 15 is 0 Å². The van der Waals surface area contributed by atoms with Crippen LogP contribution < -0.4 is 10.8 Å². The second-order valence-electron chi connectivity index (χ2n) is 6.68. The van der Waals surface area contributed by atoms with E-state index in [0.29, 0.717) is 37.2 Å². The molecule has 1 atom stereocenters. The number of carbonyl (C=O) groups excluding carboxylic acids is 2. The smallest absolute Gasteiger partial charge is 0.270 e. The van der Waals surface area contributed by atoms with Gasteiger partial charge in [-0.25, -0.2) is 18.7 Å². The lowest BCUT2D eigenvalue weighted by Crippen LogP contribution is -2.42. The zero-order valence-electron chi connectivity index (χ0n) is 15.3. The fraction of sp³-hybridized carbons (Fsp3) is 0.300. The molecule has 2 amide bonds. The van der Waals surface area contributed by atoms with E-state index in [1.807, 2.05) is 0 Å². The largest absolute Gasteiger partial charge is 0.381 e. The molecule has 0 radical (unpaired) electrons. The van der Waals surface area contributed by atoms with Gasteiger partial charge in [0.2, 0.25) is 5.91 Å². The number of rotatable bonds is 5. The second kappa shape index (κ2) is 9.06. The van der Waals surface area contributed by atoms with Crippen molar-refractivity contribution in [2.75, 3.05) is 13.2 Å². The highest BCUT2D eigenvalue weighted by Crippen LogP contribution is 2.26. The van der Waals surface area contributed by atoms with Gasteiger partial charge in [-0.15, -0.1) is 0 Å². The van der Waals surface area contributed by atoms with Crippen molar-refractivity contribution >= 4 is 11.8 Å². The van der Waals surface area contributed by atoms with E-state index in [9.17, 15) is 22.8 Å². The highest BCUT2D eigenvalue weighted by Gasteiger charge is 2.28. The van der Waals surface area contributed by atoms with Crippen LogP contribution in [-0.2, 0) is 14.3 Å². The molecule has 0 aliphatic carbocycles. The van der Waals surface area contributed by atoms with Gasteiger partial charge in [-0.2, -0.15) is 0 Å². The van der Waals surface area contributed by atoms with E-state index < -0.39 is 29.4 Å². The number of hydrogen-bond acceptors (Lipinski definition) is 4. The minimum Gasteiger partial charge on any atom is -0.381 e. The summed E-state index contributed by atoms with van der Waals surface area (Å²) in [7, 11) is 0. The molecular formula is C20H19F3N2O4. The van der Waals surface area contributed by atoms with Crippen LogP contribution in [0.4, 0.5) is 13.2 Å². The summed E-state index contributed by atoms with van der Waals surface area (Å²) in [6.07, 6.45) is 1.06. The Hall–Kier alpha value is -2.91. The Balaban J connectivity index is 1.82. The van der Waals surface area contributed by atoms with Gasteiger partial charge in [0.15, 0.2) is 17.5 Å². The predicted molar refractivity (Wildman–Crippen MR) is 96.1 cm³/mol. The maximum absolute atomic E-state index is 13.5. The molecule has 3 N–H and O–H groups in total. The molecule has 3 rings (SSSR count). The Bertz CT molecular complexity index is 876. The first kappa shape index (κ1) is 20.8. The van der Waals surface area contributed by atoms with Gasteiger partial charge in [-0.05, 0) is 41.7 Å². The molecule has 6 nitrogen and oxygen atoms in total. The third-order valence-electron chi connectivity index (χ3n) is 4.81. The highest BCUT2D eigenvalue weighted by molar-refractivity contribution is 5.89. The molecule has 1 heterocycles. The van der Waals surface area contributed by atoms with Crippen molar-refractivity contribution in [3.8, 4) is 11.1 Å². The Morgan fingerprint density at radius 1 is 1.00 bits per heavy atom. The monoisotopic (exact) mass is 408 g/mol. The first-order valence-corrected chi connectivity index (χ1v) is 8.97. The van der Waals surface area contributed by atoms with Crippen molar-refractivity contribution in [1.82, 2.24) is 10.8 Å². The van der Waals surface area contributed by atoms with Gasteiger partial charge in [0, 0.05) is 19.1 Å². The summed E-state index contributed by atoms with van der Waals surface area (Å²) in [6, 6.07) is 6.44. The predicted octanol–water partition coefficient (Wildman–Crippen LogP) is 2.86. The third-order valence-corrected chi connectivity index (χ3v) is 4.81. The van der Waals surface area contributed by atoms with E-state index in [2.05, 4.69) is 5.32 Å². The van der Waals surface area contributed by atoms with E-state index in [-0.39, 0.29) is 17.4 Å². The molecule has 0 bridgehead atoms. The summed E-state index contributed by atoms with van der Waals surface area (Å²) >= 11 is 0. The number of nitrogens with one attached hydrogen (secondary N) is 2. The Kier molecular flexibility index (Phi) is 6.50. The molecule has 0 spiro atoms. The number of carbonyl (C=O) groups is 2. The normalized spacial score (nSPS) is 15.6. The van der Waals surface area contributed by atoms with Crippen molar-refractivity contribution in [3.05, 3.63) is 59.4 Å². The Morgan fingerprint density at radius 3 is 2.14 bits per heavy atom. The summed E-state index contributed by atoms with van der Waals surface area (Å²) in [5.41, 5.74) is 2.36. The highest BCUT2D eigenvalue weighted by atomic mass is 19.2. The average Bonchev–Trinajstić information content (AvgIpc) is 2.75. The molecule has 0 saturated carbocycles. The van der Waals surface area contributed by atoms with E-state index in [1.54, 1.807) is 0 Å². The number of benzene rings is 2. The summed E-state index contributed by atoms with van der Waals surface area (Å²) < 4.78 is 45.3. The second-order valence-corrected chi connectivity index (χ2v) is 6.68. The summed E-state index contributed by atoms with van der Waals surface area (Å²) in [6.45, 7) is 0.906. The van der Waals surface area contributed by atoms with Gasteiger partial charge in [0.1, 0.15) is 6.04 Å². The van der Waals surface area contributed by atoms with Crippen LogP contribution in [0.1, 0.15) is 24.4 Å². The number of hydroxylamine groups is 1. The van der Waals surface area contributed by atoms with Gasteiger partial charge in [-0.1, -0.05) is 24.3 Å². The van der Waals surface area contributed by atoms with Gasteiger partial charge in [0.25, 0.3) is 5.91 Å². The van der Waals surface area contributed by atoms with Gasteiger partial charge in [-0.3, -0.25) is 14.8 Å². The zero-order valence-corrected chi connectivity index (χ0v) is 15.3. The number of hydrogen-bond donors (Lipinski definition) is 3. The van der Waals surface area contributed by atoms with Crippen LogP contribution in [0.3, 0.4) is 0 Å². The number of ether oxygens (including phenoxy) is 1. The molecule has 2 aromatic carbocycles. The molecule has 1 aliphatic heterocycles. The summed E-state index contributed by atoms with van der Waals surface area (Å²) in [5.74, 6) is -5.66.